The fourth-order valence-corrected chi connectivity index (χ4v) is 2.49. The highest BCUT2D eigenvalue weighted by Gasteiger charge is 2.18. The molecule has 2 rings (SSSR count). The van der Waals surface area contributed by atoms with Crippen LogP contribution in [0.5, 0.6) is 0 Å². The molecule has 1 atom stereocenters. The fourth-order valence-electron chi connectivity index (χ4n) is 1.68. The number of carbonyl (C=O) groups excluding carboxylic acids is 1. The second kappa shape index (κ2) is 6.42. The van der Waals surface area contributed by atoms with Crippen LogP contribution >= 0.6 is 11.3 Å². The fraction of sp³-hybridized carbons (Fsp3) is 0.231. The van der Waals surface area contributed by atoms with E-state index in [0.29, 0.717) is 10.6 Å². The first-order valence-electron chi connectivity index (χ1n) is 6.15. The predicted molar refractivity (Wildman–Crippen MR) is 77.2 cm³/mol. The number of non-ortho nitro benzene ring substituents is 1. The van der Waals surface area contributed by atoms with Gasteiger partial charge in [0.2, 0.25) is 0 Å². The zero-order valence-corrected chi connectivity index (χ0v) is 12.0. The van der Waals surface area contributed by atoms with Gasteiger partial charge in [-0.15, -0.1) is 11.3 Å². The van der Waals surface area contributed by atoms with Crippen molar-refractivity contribution in [2.75, 3.05) is 6.61 Å². The van der Waals surface area contributed by atoms with Gasteiger partial charge in [-0.2, -0.15) is 0 Å². The summed E-state index contributed by atoms with van der Waals surface area (Å²) in [6.07, 6.45) is 0. The van der Waals surface area contributed by atoms with E-state index in [-0.39, 0.29) is 18.0 Å². The van der Waals surface area contributed by atoms with E-state index in [0.717, 1.165) is 0 Å². The normalized spacial score (nSPS) is 11.9. The summed E-state index contributed by atoms with van der Waals surface area (Å²) in [5, 5.41) is 12.7. The first-order valence-corrected chi connectivity index (χ1v) is 7.03. The van der Waals surface area contributed by atoms with Crippen molar-refractivity contribution in [2.24, 2.45) is 5.73 Å². The Morgan fingerprint density at radius 3 is 2.71 bits per heavy atom. The van der Waals surface area contributed by atoms with Crippen molar-refractivity contribution < 1.29 is 14.5 Å². The molecule has 1 unspecified atom stereocenters. The maximum atomic E-state index is 11.5. The van der Waals surface area contributed by atoms with Gasteiger partial charge in [0.25, 0.3) is 5.69 Å². The molecular weight excluding hydrogens is 294 g/mol. The minimum atomic E-state index is -0.543. The molecule has 0 spiro atoms. The molecule has 2 N–H and O–H groups in total. The van der Waals surface area contributed by atoms with Gasteiger partial charge in [0, 0.05) is 17.5 Å². The maximum absolute atomic E-state index is 11.5. The van der Waals surface area contributed by atoms with Gasteiger partial charge in [-0.05, 0) is 12.5 Å². The lowest BCUT2D eigenvalue weighted by Gasteiger charge is -2.08. The minimum Gasteiger partial charge on any atom is -0.461 e. The lowest BCUT2D eigenvalue weighted by atomic mass is 10.1. The molecule has 0 saturated heterocycles. The molecule has 7 nitrogen and oxygen atoms in total. The van der Waals surface area contributed by atoms with E-state index in [2.05, 4.69) is 4.98 Å². The topological polar surface area (TPSA) is 108 Å². The van der Waals surface area contributed by atoms with Crippen LogP contribution in [0.4, 0.5) is 5.69 Å². The summed E-state index contributed by atoms with van der Waals surface area (Å²) >= 11 is 1.25. The highest BCUT2D eigenvalue weighted by Crippen LogP contribution is 2.24. The van der Waals surface area contributed by atoms with Gasteiger partial charge in [-0.3, -0.25) is 10.1 Å². The second-order valence-electron chi connectivity index (χ2n) is 4.12. The highest BCUT2D eigenvalue weighted by molar-refractivity contribution is 7.10. The van der Waals surface area contributed by atoms with Crippen molar-refractivity contribution in [3.8, 4) is 0 Å². The van der Waals surface area contributed by atoms with E-state index in [4.69, 9.17) is 10.5 Å². The van der Waals surface area contributed by atoms with Crippen LogP contribution in [0.1, 0.15) is 34.0 Å². The van der Waals surface area contributed by atoms with Gasteiger partial charge in [0.1, 0.15) is 5.01 Å². The number of hydrogen-bond acceptors (Lipinski definition) is 7. The van der Waals surface area contributed by atoms with E-state index in [1.807, 2.05) is 0 Å². The molecule has 0 saturated carbocycles. The molecule has 0 bridgehead atoms. The smallest absolute Gasteiger partial charge is 0.357 e. The van der Waals surface area contributed by atoms with Crippen molar-refractivity contribution in [3.05, 3.63) is 56.0 Å². The molecule has 1 aromatic carbocycles. The molecule has 0 radical (unpaired) electrons. The number of thiazole rings is 1. The van der Waals surface area contributed by atoms with Crippen LogP contribution < -0.4 is 5.73 Å². The highest BCUT2D eigenvalue weighted by atomic mass is 32.1. The number of esters is 1. The van der Waals surface area contributed by atoms with Crippen LogP contribution in [0.2, 0.25) is 0 Å². The van der Waals surface area contributed by atoms with Crippen molar-refractivity contribution in [2.45, 2.75) is 13.0 Å². The van der Waals surface area contributed by atoms with Crippen molar-refractivity contribution in [1.82, 2.24) is 4.98 Å². The summed E-state index contributed by atoms with van der Waals surface area (Å²) in [6.45, 7) is 1.99. The van der Waals surface area contributed by atoms with Crippen LogP contribution in [-0.4, -0.2) is 22.5 Å². The third-order valence-corrected chi connectivity index (χ3v) is 3.66. The molecule has 0 aliphatic heterocycles. The van der Waals surface area contributed by atoms with E-state index in [9.17, 15) is 14.9 Å². The van der Waals surface area contributed by atoms with Crippen molar-refractivity contribution in [1.29, 1.82) is 0 Å². The number of rotatable bonds is 5. The molecule has 0 amide bonds. The summed E-state index contributed by atoms with van der Waals surface area (Å²) in [5.41, 5.74) is 6.96. The summed E-state index contributed by atoms with van der Waals surface area (Å²) in [7, 11) is 0. The van der Waals surface area contributed by atoms with Gasteiger partial charge < -0.3 is 10.5 Å². The van der Waals surface area contributed by atoms with Crippen molar-refractivity contribution >= 4 is 23.0 Å². The number of ether oxygens (including phenoxy) is 1. The van der Waals surface area contributed by atoms with E-state index < -0.39 is 16.9 Å². The molecule has 2 aromatic rings. The molecule has 110 valence electrons. The Bertz CT molecular complexity index is 654. The van der Waals surface area contributed by atoms with E-state index in [1.54, 1.807) is 24.4 Å². The first kappa shape index (κ1) is 15.1. The van der Waals surface area contributed by atoms with Gasteiger partial charge in [-0.25, -0.2) is 9.78 Å². The monoisotopic (exact) mass is 307 g/mol. The van der Waals surface area contributed by atoms with Crippen LogP contribution in [0, 0.1) is 10.1 Å². The predicted octanol–water partition coefficient (Wildman–Crippen LogP) is 2.28. The average molecular weight is 307 g/mol. The van der Waals surface area contributed by atoms with Crippen LogP contribution in [0.25, 0.3) is 0 Å². The Balaban J connectivity index is 2.18. The molecule has 0 aliphatic carbocycles. The number of nitro benzene ring substituents is 1. The largest absolute Gasteiger partial charge is 0.461 e. The minimum absolute atomic E-state index is 0.00250. The van der Waals surface area contributed by atoms with Gasteiger partial charge in [0.05, 0.1) is 17.6 Å². The number of nitrogens with two attached hydrogens (primary N) is 1. The molecule has 1 aromatic heterocycles. The molecule has 0 aliphatic rings. The Kier molecular flexibility index (Phi) is 4.61. The summed E-state index contributed by atoms with van der Waals surface area (Å²) in [5.74, 6) is -0.490. The quantitative estimate of drug-likeness (QED) is 0.515. The summed E-state index contributed by atoms with van der Waals surface area (Å²) in [4.78, 5) is 25.8. The second-order valence-corrected chi connectivity index (χ2v) is 5.01. The molecule has 8 heteroatoms. The van der Waals surface area contributed by atoms with Gasteiger partial charge in [-0.1, -0.05) is 12.1 Å². The molecular formula is C13H13N3O4S. The van der Waals surface area contributed by atoms with Gasteiger partial charge >= 0.3 is 5.97 Å². The third kappa shape index (κ3) is 3.41. The first-order chi connectivity index (χ1) is 10.0. The number of carbonyl (C=O) groups is 1. The number of benzene rings is 1. The van der Waals surface area contributed by atoms with Crippen LogP contribution in [-0.2, 0) is 4.74 Å². The Morgan fingerprint density at radius 2 is 2.14 bits per heavy atom. The standard InChI is InChI=1S/C13H13N3O4S/c1-2-20-13(17)10-7-21-12(15-10)11(14)8-3-5-9(6-4-8)16(18)19/h3-7,11H,2,14H2,1H3. The Hall–Kier alpha value is -2.32. The zero-order valence-electron chi connectivity index (χ0n) is 11.2. The Labute approximate surface area is 124 Å². The van der Waals surface area contributed by atoms with Crippen LogP contribution in [0.3, 0.4) is 0 Å². The lowest BCUT2D eigenvalue weighted by Crippen LogP contribution is -2.12. The van der Waals surface area contributed by atoms with E-state index >= 15 is 0 Å². The molecule has 0 fully saturated rings. The Morgan fingerprint density at radius 1 is 1.48 bits per heavy atom. The summed E-state index contributed by atoms with van der Waals surface area (Å²) in [6, 6.07) is 5.38. The third-order valence-electron chi connectivity index (χ3n) is 2.74. The van der Waals surface area contributed by atoms with Crippen LogP contribution in [0.15, 0.2) is 29.6 Å². The zero-order chi connectivity index (χ0) is 15.4. The number of nitro groups is 1. The molecule has 21 heavy (non-hydrogen) atoms. The summed E-state index contributed by atoms with van der Waals surface area (Å²) < 4.78 is 4.86. The lowest BCUT2D eigenvalue weighted by molar-refractivity contribution is -0.384. The SMILES string of the molecule is CCOC(=O)c1csc(C(N)c2ccc([N+](=O)[O-])cc2)n1. The van der Waals surface area contributed by atoms with Crippen molar-refractivity contribution in [3.63, 3.8) is 0 Å². The number of hydrogen-bond donors (Lipinski definition) is 1. The molecule has 1 heterocycles. The average Bonchev–Trinajstić information content (AvgIpc) is 2.96. The van der Waals surface area contributed by atoms with Gasteiger partial charge in [0.15, 0.2) is 5.69 Å². The number of nitrogens with zero attached hydrogens (tertiary/aromatic N) is 2. The number of aromatic nitrogens is 1. The van der Waals surface area contributed by atoms with E-state index in [1.165, 1.54) is 23.5 Å². The maximum Gasteiger partial charge on any atom is 0.357 e.